The standard InChI is InChI=1S/C14H12BrN3O3/c1-7-9(14(20)21)3-5-11(16-7)13(19)18-12-6-4-10(15)8(2)17-12/h3-6H,1-2H3,(H,20,21)(H,17,18,19). The van der Waals surface area contributed by atoms with Crippen LogP contribution in [0.5, 0.6) is 0 Å². The molecule has 108 valence electrons. The minimum atomic E-state index is -1.07. The van der Waals surface area contributed by atoms with Crippen LogP contribution in [-0.4, -0.2) is 27.0 Å². The zero-order valence-corrected chi connectivity index (χ0v) is 12.9. The molecule has 2 aromatic heterocycles. The topological polar surface area (TPSA) is 92.2 Å². The maximum Gasteiger partial charge on any atom is 0.337 e. The van der Waals surface area contributed by atoms with Crippen LogP contribution in [0.25, 0.3) is 0 Å². The summed E-state index contributed by atoms with van der Waals surface area (Å²) in [6, 6.07) is 6.18. The van der Waals surface area contributed by atoms with Crippen LogP contribution in [0.3, 0.4) is 0 Å². The Hall–Kier alpha value is -2.28. The molecule has 0 radical (unpaired) electrons. The van der Waals surface area contributed by atoms with Gasteiger partial charge in [0.25, 0.3) is 5.91 Å². The number of halogens is 1. The Kier molecular flexibility index (Phi) is 4.32. The second-order valence-electron chi connectivity index (χ2n) is 4.35. The van der Waals surface area contributed by atoms with E-state index in [9.17, 15) is 9.59 Å². The number of anilines is 1. The minimum absolute atomic E-state index is 0.0733. The van der Waals surface area contributed by atoms with Crippen molar-refractivity contribution < 1.29 is 14.7 Å². The van der Waals surface area contributed by atoms with Gasteiger partial charge >= 0.3 is 5.97 Å². The maximum absolute atomic E-state index is 12.1. The number of nitrogens with zero attached hydrogens (tertiary/aromatic N) is 2. The Morgan fingerprint density at radius 1 is 1.10 bits per heavy atom. The number of carbonyl (C=O) groups is 2. The molecule has 2 rings (SSSR count). The molecule has 6 nitrogen and oxygen atoms in total. The lowest BCUT2D eigenvalue weighted by Gasteiger charge is -2.07. The van der Waals surface area contributed by atoms with Crippen LogP contribution in [0.2, 0.25) is 0 Å². The SMILES string of the molecule is Cc1nc(NC(=O)c2ccc(C(=O)O)c(C)n2)ccc1Br. The number of pyridine rings is 2. The Balaban J connectivity index is 2.22. The number of rotatable bonds is 3. The zero-order valence-electron chi connectivity index (χ0n) is 11.3. The van der Waals surface area contributed by atoms with Gasteiger partial charge in [-0.15, -0.1) is 0 Å². The molecular formula is C14H12BrN3O3. The van der Waals surface area contributed by atoms with E-state index in [4.69, 9.17) is 5.11 Å². The van der Waals surface area contributed by atoms with Crippen LogP contribution >= 0.6 is 15.9 Å². The van der Waals surface area contributed by atoms with Gasteiger partial charge in [0, 0.05) is 4.47 Å². The molecule has 0 aromatic carbocycles. The van der Waals surface area contributed by atoms with Crippen molar-refractivity contribution >= 4 is 33.6 Å². The molecule has 7 heteroatoms. The molecule has 0 fully saturated rings. The molecule has 2 heterocycles. The van der Waals surface area contributed by atoms with Crippen molar-refractivity contribution in [3.63, 3.8) is 0 Å². The number of aromatic nitrogens is 2. The van der Waals surface area contributed by atoms with Crippen LogP contribution in [0, 0.1) is 13.8 Å². The third kappa shape index (κ3) is 3.43. The first kappa shape index (κ1) is 15.1. The third-order valence-electron chi connectivity index (χ3n) is 2.81. The summed E-state index contributed by atoms with van der Waals surface area (Å²) in [6.07, 6.45) is 0. The van der Waals surface area contributed by atoms with Gasteiger partial charge in [-0.25, -0.2) is 14.8 Å². The summed E-state index contributed by atoms with van der Waals surface area (Å²) in [5.74, 6) is -1.11. The van der Waals surface area contributed by atoms with E-state index in [1.165, 1.54) is 12.1 Å². The number of hydrogen-bond donors (Lipinski definition) is 2. The summed E-state index contributed by atoms with van der Waals surface area (Å²) in [7, 11) is 0. The van der Waals surface area contributed by atoms with E-state index in [0.29, 0.717) is 5.82 Å². The summed E-state index contributed by atoms with van der Waals surface area (Å²) < 4.78 is 0.847. The van der Waals surface area contributed by atoms with E-state index in [1.807, 2.05) is 6.92 Å². The van der Waals surface area contributed by atoms with Crippen molar-refractivity contribution in [2.75, 3.05) is 5.32 Å². The molecule has 0 aliphatic heterocycles. The van der Waals surface area contributed by atoms with Gasteiger partial charge in [0.1, 0.15) is 11.5 Å². The Labute approximate surface area is 129 Å². The van der Waals surface area contributed by atoms with Gasteiger partial charge in [-0.05, 0) is 54.0 Å². The van der Waals surface area contributed by atoms with Crippen molar-refractivity contribution in [2.24, 2.45) is 0 Å². The number of hydrogen-bond acceptors (Lipinski definition) is 4. The average Bonchev–Trinajstić information content (AvgIpc) is 2.42. The number of amides is 1. The van der Waals surface area contributed by atoms with Gasteiger partial charge in [0.15, 0.2) is 0 Å². The van der Waals surface area contributed by atoms with Crippen LogP contribution in [0.1, 0.15) is 32.2 Å². The fraction of sp³-hybridized carbons (Fsp3) is 0.143. The maximum atomic E-state index is 12.1. The predicted molar refractivity (Wildman–Crippen MR) is 80.6 cm³/mol. The number of aryl methyl sites for hydroxylation is 2. The first-order valence-electron chi connectivity index (χ1n) is 6.04. The van der Waals surface area contributed by atoms with E-state index in [0.717, 1.165) is 10.2 Å². The highest BCUT2D eigenvalue weighted by Gasteiger charge is 2.13. The Bertz CT molecular complexity index is 731. The largest absolute Gasteiger partial charge is 0.478 e. The number of carboxylic acids is 1. The van der Waals surface area contributed by atoms with Crippen LogP contribution in [0.15, 0.2) is 28.7 Å². The normalized spacial score (nSPS) is 10.2. The van der Waals surface area contributed by atoms with Crippen LogP contribution in [0.4, 0.5) is 5.82 Å². The van der Waals surface area contributed by atoms with E-state index in [2.05, 4.69) is 31.2 Å². The zero-order chi connectivity index (χ0) is 15.6. The lowest BCUT2D eigenvalue weighted by atomic mass is 10.2. The van der Waals surface area contributed by atoms with E-state index in [1.54, 1.807) is 19.1 Å². The molecular weight excluding hydrogens is 338 g/mol. The molecule has 0 aliphatic rings. The summed E-state index contributed by atoms with van der Waals surface area (Å²) >= 11 is 3.33. The number of aromatic carboxylic acids is 1. The van der Waals surface area contributed by atoms with Gasteiger partial charge in [-0.2, -0.15) is 0 Å². The Morgan fingerprint density at radius 3 is 2.38 bits per heavy atom. The highest BCUT2D eigenvalue weighted by Crippen LogP contribution is 2.16. The number of carboxylic acid groups (broad SMARTS) is 1. The van der Waals surface area contributed by atoms with E-state index >= 15 is 0 Å². The molecule has 0 bridgehead atoms. The summed E-state index contributed by atoms with van der Waals surface area (Å²) in [6.45, 7) is 3.35. The van der Waals surface area contributed by atoms with Crippen molar-refractivity contribution in [1.29, 1.82) is 0 Å². The fourth-order valence-electron chi connectivity index (χ4n) is 1.71. The first-order chi connectivity index (χ1) is 9.88. The van der Waals surface area contributed by atoms with Gasteiger partial charge in [0.2, 0.25) is 0 Å². The molecule has 0 unspecified atom stereocenters. The van der Waals surface area contributed by atoms with Crippen molar-refractivity contribution in [1.82, 2.24) is 9.97 Å². The minimum Gasteiger partial charge on any atom is -0.478 e. The smallest absolute Gasteiger partial charge is 0.337 e. The van der Waals surface area contributed by atoms with Gasteiger partial charge < -0.3 is 10.4 Å². The fourth-order valence-corrected chi connectivity index (χ4v) is 1.93. The lowest BCUT2D eigenvalue weighted by molar-refractivity contribution is 0.0695. The molecule has 1 amide bonds. The molecule has 0 spiro atoms. The number of nitrogens with one attached hydrogen (secondary N) is 1. The molecule has 0 saturated carbocycles. The highest BCUT2D eigenvalue weighted by molar-refractivity contribution is 9.10. The van der Waals surface area contributed by atoms with E-state index in [-0.39, 0.29) is 17.0 Å². The average molecular weight is 350 g/mol. The molecule has 2 aromatic rings. The summed E-state index contributed by atoms with van der Waals surface area (Å²) in [4.78, 5) is 31.2. The Morgan fingerprint density at radius 2 is 1.81 bits per heavy atom. The van der Waals surface area contributed by atoms with E-state index < -0.39 is 11.9 Å². The molecule has 0 saturated heterocycles. The van der Waals surface area contributed by atoms with Crippen molar-refractivity contribution in [3.8, 4) is 0 Å². The van der Waals surface area contributed by atoms with Gasteiger partial charge in [0.05, 0.1) is 17.0 Å². The van der Waals surface area contributed by atoms with Gasteiger partial charge in [-0.1, -0.05) is 0 Å². The predicted octanol–water partition coefficient (Wildman–Crippen LogP) is 2.81. The molecule has 21 heavy (non-hydrogen) atoms. The second kappa shape index (κ2) is 6.01. The second-order valence-corrected chi connectivity index (χ2v) is 5.21. The van der Waals surface area contributed by atoms with Crippen LogP contribution in [-0.2, 0) is 0 Å². The quantitative estimate of drug-likeness (QED) is 0.888. The lowest BCUT2D eigenvalue weighted by Crippen LogP contribution is -2.16. The van der Waals surface area contributed by atoms with Gasteiger partial charge in [-0.3, -0.25) is 4.79 Å². The third-order valence-corrected chi connectivity index (χ3v) is 3.65. The summed E-state index contributed by atoms with van der Waals surface area (Å²) in [5.41, 5.74) is 1.25. The highest BCUT2D eigenvalue weighted by atomic mass is 79.9. The van der Waals surface area contributed by atoms with Crippen LogP contribution < -0.4 is 5.32 Å². The molecule has 2 N–H and O–H groups in total. The monoisotopic (exact) mass is 349 g/mol. The molecule has 0 atom stereocenters. The van der Waals surface area contributed by atoms with Crippen molar-refractivity contribution in [2.45, 2.75) is 13.8 Å². The molecule has 0 aliphatic carbocycles. The van der Waals surface area contributed by atoms with Crippen molar-refractivity contribution in [3.05, 3.63) is 51.4 Å². The summed E-state index contributed by atoms with van der Waals surface area (Å²) in [5, 5.41) is 11.6. The number of carbonyl (C=O) groups excluding carboxylic acids is 1. The first-order valence-corrected chi connectivity index (χ1v) is 6.83.